The van der Waals surface area contributed by atoms with Gasteiger partial charge in [-0.15, -0.1) is 0 Å². The first kappa shape index (κ1) is 11.4. The van der Waals surface area contributed by atoms with Crippen LogP contribution in [0.4, 0.5) is 0 Å². The van der Waals surface area contributed by atoms with Gasteiger partial charge < -0.3 is 10.1 Å². The second-order valence-corrected chi connectivity index (χ2v) is 3.21. The molecule has 0 aromatic rings. The third-order valence-corrected chi connectivity index (χ3v) is 2.37. The molecule has 0 aliphatic rings. The van der Waals surface area contributed by atoms with Gasteiger partial charge in [-0.1, -0.05) is 15.9 Å². The first-order chi connectivity index (χ1) is 5.31. The molecule has 1 atom stereocenters. The van der Waals surface area contributed by atoms with E-state index in [1.807, 2.05) is 6.92 Å². The quantitative estimate of drug-likeness (QED) is 0.525. The Morgan fingerprint density at radius 3 is 2.82 bits per heavy atom. The monoisotopic (exact) mass is 223 g/mol. The molecule has 0 aliphatic carbocycles. The maximum absolute atomic E-state index is 5.20. The fourth-order valence-electron chi connectivity index (χ4n) is 0.722. The number of halogens is 1. The Kier molecular flexibility index (Phi) is 8.81. The Morgan fingerprint density at radius 1 is 1.55 bits per heavy atom. The topological polar surface area (TPSA) is 21.3 Å². The summed E-state index contributed by atoms with van der Waals surface area (Å²) in [5.41, 5.74) is 0. The van der Waals surface area contributed by atoms with E-state index in [4.69, 9.17) is 4.74 Å². The lowest BCUT2D eigenvalue weighted by Gasteiger charge is -2.09. The van der Waals surface area contributed by atoms with Crippen LogP contribution in [-0.4, -0.2) is 31.1 Å². The number of alkyl halides is 1. The molecule has 0 radical (unpaired) electrons. The van der Waals surface area contributed by atoms with E-state index in [9.17, 15) is 0 Å². The largest absolute Gasteiger partial charge is 0.382 e. The van der Waals surface area contributed by atoms with Crippen molar-refractivity contribution >= 4 is 15.9 Å². The van der Waals surface area contributed by atoms with E-state index < -0.39 is 0 Å². The molecule has 0 aromatic carbocycles. The molecule has 0 saturated heterocycles. The highest BCUT2D eigenvalue weighted by Gasteiger charge is 1.95. The predicted octanol–water partition coefficient (Wildman–Crippen LogP) is 1.79. The summed E-state index contributed by atoms with van der Waals surface area (Å²) < 4.78 is 5.20. The number of hydrogen-bond acceptors (Lipinski definition) is 2. The van der Waals surface area contributed by atoms with Crippen molar-refractivity contribution in [3.8, 4) is 0 Å². The highest BCUT2D eigenvalue weighted by Crippen LogP contribution is 1.89. The third kappa shape index (κ3) is 8.30. The fourth-order valence-corrected chi connectivity index (χ4v) is 0.951. The Bertz CT molecular complexity index is 80.5. The molecular weight excluding hydrogens is 206 g/mol. The zero-order chi connectivity index (χ0) is 8.53. The molecule has 2 nitrogen and oxygen atoms in total. The van der Waals surface area contributed by atoms with Gasteiger partial charge in [-0.3, -0.25) is 0 Å². The maximum atomic E-state index is 5.20. The lowest BCUT2D eigenvalue weighted by molar-refractivity contribution is 0.144. The Morgan fingerprint density at radius 2 is 2.27 bits per heavy atom. The van der Waals surface area contributed by atoms with Crippen LogP contribution in [0.2, 0.25) is 0 Å². The zero-order valence-electron chi connectivity index (χ0n) is 7.40. The predicted molar refractivity (Wildman–Crippen MR) is 52.4 cm³/mol. The van der Waals surface area contributed by atoms with Crippen molar-refractivity contribution < 1.29 is 4.74 Å². The second kappa shape index (κ2) is 8.50. The second-order valence-electron chi connectivity index (χ2n) is 2.56. The minimum absolute atomic E-state index is 0.566. The first-order valence-corrected chi connectivity index (χ1v) is 5.30. The van der Waals surface area contributed by atoms with Crippen LogP contribution in [0.3, 0.4) is 0 Å². The van der Waals surface area contributed by atoms with Gasteiger partial charge in [0, 0.05) is 24.6 Å². The zero-order valence-corrected chi connectivity index (χ0v) is 8.99. The normalized spacial score (nSPS) is 13.4. The van der Waals surface area contributed by atoms with Crippen LogP contribution in [0, 0.1) is 0 Å². The molecule has 3 heteroatoms. The molecule has 0 heterocycles. The molecule has 0 bridgehead atoms. The highest BCUT2D eigenvalue weighted by molar-refractivity contribution is 9.09. The van der Waals surface area contributed by atoms with Crippen molar-refractivity contribution in [2.75, 3.05) is 25.1 Å². The molecular formula is C8H18BrNO. The summed E-state index contributed by atoms with van der Waals surface area (Å²) in [6.07, 6.45) is 1.10. The van der Waals surface area contributed by atoms with Gasteiger partial charge in [0.1, 0.15) is 0 Å². The van der Waals surface area contributed by atoms with Gasteiger partial charge >= 0.3 is 0 Å². The van der Waals surface area contributed by atoms with Crippen molar-refractivity contribution in [3.63, 3.8) is 0 Å². The van der Waals surface area contributed by atoms with Crippen LogP contribution in [-0.2, 0) is 4.74 Å². The van der Waals surface area contributed by atoms with Gasteiger partial charge in [0.2, 0.25) is 0 Å². The minimum Gasteiger partial charge on any atom is -0.382 e. The van der Waals surface area contributed by atoms with Gasteiger partial charge in [-0.25, -0.2) is 0 Å². The van der Waals surface area contributed by atoms with E-state index >= 15 is 0 Å². The molecule has 0 amide bonds. The molecule has 0 aliphatic heterocycles. The standard InChI is InChI=1S/C8H18BrNO/c1-3-11-6-4-5-10-8(2)7-9/h8,10H,3-7H2,1-2H3. The Labute approximate surface area is 77.8 Å². The minimum atomic E-state index is 0.566. The molecule has 0 aromatic heterocycles. The summed E-state index contributed by atoms with van der Waals surface area (Å²) in [7, 11) is 0. The molecule has 0 saturated carbocycles. The summed E-state index contributed by atoms with van der Waals surface area (Å²) in [5, 5.41) is 4.38. The van der Waals surface area contributed by atoms with E-state index in [0.717, 1.165) is 31.5 Å². The Hall–Kier alpha value is 0.400. The lowest BCUT2D eigenvalue weighted by Crippen LogP contribution is -2.28. The van der Waals surface area contributed by atoms with Crippen LogP contribution < -0.4 is 5.32 Å². The smallest absolute Gasteiger partial charge is 0.0477 e. The summed E-state index contributed by atoms with van der Waals surface area (Å²) in [5.74, 6) is 0. The van der Waals surface area contributed by atoms with Crippen LogP contribution >= 0.6 is 15.9 Å². The molecule has 0 rings (SSSR count). The van der Waals surface area contributed by atoms with Gasteiger partial charge in [0.25, 0.3) is 0 Å². The van der Waals surface area contributed by atoms with E-state index in [1.54, 1.807) is 0 Å². The van der Waals surface area contributed by atoms with Gasteiger partial charge in [0.05, 0.1) is 0 Å². The summed E-state index contributed by atoms with van der Waals surface area (Å²) in [4.78, 5) is 0. The van der Waals surface area contributed by atoms with Gasteiger partial charge in [-0.2, -0.15) is 0 Å². The molecule has 1 unspecified atom stereocenters. The van der Waals surface area contributed by atoms with Crippen molar-refractivity contribution in [1.29, 1.82) is 0 Å². The highest BCUT2D eigenvalue weighted by atomic mass is 79.9. The van der Waals surface area contributed by atoms with Crippen LogP contribution in [0.15, 0.2) is 0 Å². The van der Waals surface area contributed by atoms with Crippen LogP contribution in [0.5, 0.6) is 0 Å². The lowest BCUT2D eigenvalue weighted by atomic mass is 10.3. The summed E-state index contributed by atoms with van der Waals surface area (Å²) >= 11 is 3.40. The number of nitrogens with one attached hydrogen (secondary N) is 1. The number of hydrogen-bond donors (Lipinski definition) is 1. The average Bonchev–Trinajstić information content (AvgIpc) is 2.04. The summed E-state index contributed by atoms with van der Waals surface area (Å²) in [6, 6.07) is 0.566. The van der Waals surface area contributed by atoms with E-state index in [2.05, 4.69) is 28.2 Å². The van der Waals surface area contributed by atoms with E-state index in [0.29, 0.717) is 6.04 Å². The first-order valence-electron chi connectivity index (χ1n) is 4.18. The molecule has 0 fully saturated rings. The van der Waals surface area contributed by atoms with E-state index in [1.165, 1.54) is 0 Å². The van der Waals surface area contributed by atoms with Gasteiger partial charge in [-0.05, 0) is 26.8 Å². The molecule has 68 valence electrons. The Balaban J connectivity index is 2.89. The van der Waals surface area contributed by atoms with Crippen LogP contribution in [0.1, 0.15) is 20.3 Å². The van der Waals surface area contributed by atoms with Crippen molar-refractivity contribution in [1.82, 2.24) is 5.32 Å². The van der Waals surface area contributed by atoms with Crippen LogP contribution in [0.25, 0.3) is 0 Å². The molecule has 0 spiro atoms. The van der Waals surface area contributed by atoms with E-state index in [-0.39, 0.29) is 0 Å². The number of ether oxygens (including phenoxy) is 1. The number of rotatable bonds is 7. The maximum Gasteiger partial charge on any atom is 0.0477 e. The van der Waals surface area contributed by atoms with Crippen molar-refractivity contribution in [3.05, 3.63) is 0 Å². The average molecular weight is 224 g/mol. The van der Waals surface area contributed by atoms with Crippen molar-refractivity contribution in [2.24, 2.45) is 0 Å². The third-order valence-electron chi connectivity index (χ3n) is 1.39. The summed E-state index contributed by atoms with van der Waals surface area (Å²) in [6.45, 7) is 6.93. The molecule has 11 heavy (non-hydrogen) atoms. The fraction of sp³-hybridized carbons (Fsp3) is 1.00. The van der Waals surface area contributed by atoms with Crippen molar-refractivity contribution in [2.45, 2.75) is 26.3 Å². The molecule has 1 N–H and O–H groups in total. The van der Waals surface area contributed by atoms with Gasteiger partial charge in [0.15, 0.2) is 0 Å². The SMILES string of the molecule is CCOCCCNC(C)CBr.